The predicted octanol–water partition coefficient (Wildman–Crippen LogP) is 3.36. The highest BCUT2D eigenvalue weighted by Gasteiger charge is 2.17. The van der Waals surface area contributed by atoms with Crippen molar-refractivity contribution in [3.8, 4) is 0 Å². The SMILES string of the molecule is COC(=O)c1cc(C)c(CCC(=O)OC(C)(C)C)c(C)c1. The Hall–Kier alpha value is -1.84. The van der Waals surface area contributed by atoms with E-state index in [2.05, 4.69) is 0 Å². The largest absolute Gasteiger partial charge is 0.465 e. The van der Waals surface area contributed by atoms with Crippen molar-refractivity contribution in [2.24, 2.45) is 0 Å². The molecule has 0 aliphatic carbocycles. The number of carbonyl (C=O) groups is 2. The Bertz CT molecular complexity index is 515. The fourth-order valence-corrected chi connectivity index (χ4v) is 2.24. The smallest absolute Gasteiger partial charge is 0.337 e. The lowest BCUT2D eigenvalue weighted by atomic mass is 9.96. The van der Waals surface area contributed by atoms with Gasteiger partial charge in [-0.3, -0.25) is 4.79 Å². The number of carbonyl (C=O) groups excluding carboxylic acids is 2. The molecule has 0 N–H and O–H groups in total. The molecule has 0 bridgehead atoms. The predicted molar refractivity (Wildman–Crippen MR) is 81.4 cm³/mol. The third kappa shape index (κ3) is 5.21. The molecule has 0 fully saturated rings. The van der Waals surface area contributed by atoms with E-state index >= 15 is 0 Å². The van der Waals surface area contributed by atoms with Crippen molar-refractivity contribution in [1.82, 2.24) is 0 Å². The van der Waals surface area contributed by atoms with E-state index in [1.807, 2.05) is 34.6 Å². The third-order valence-corrected chi connectivity index (χ3v) is 3.12. The maximum atomic E-state index is 11.8. The van der Waals surface area contributed by atoms with E-state index < -0.39 is 5.60 Å². The summed E-state index contributed by atoms with van der Waals surface area (Å²) in [6.45, 7) is 9.43. The summed E-state index contributed by atoms with van der Waals surface area (Å²) in [4.78, 5) is 23.3. The summed E-state index contributed by atoms with van der Waals surface area (Å²) in [5, 5.41) is 0. The molecule has 0 spiro atoms. The first-order valence-electron chi connectivity index (χ1n) is 7.04. The minimum Gasteiger partial charge on any atom is -0.465 e. The first kappa shape index (κ1) is 17.2. The molecule has 0 heterocycles. The number of hydrogen-bond donors (Lipinski definition) is 0. The number of methoxy groups -OCH3 is 1. The zero-order chi connectivity index (χ0) is 16.2. The van der Waals surface area contributed by atoms with Crippen LogP contribution in [0.3, 0.4) is 0 Å². The topological polar surface area (TPSA) is 52.6 Å². The molecule has 4 nitrogen and oxygen atoms in total. The molecule has 0 amide bonds. The molecule has 4 heteroatoms. The minimum absolute atomic E-state index is 0.210. The molecule has 1 rings (SSSR count). The van der Waals surface area contributed by atoms with Crippen LogP contribution in [-0.2, 0) is 20.7 Å². The van der Waals surface area contributed by atoms with Crippen molar-refractivity contribution >= 4 is 11.9 Å². The maximum absolute atomic E-state index is 11.8. The van der Waals surface area contributed by atoms with Crippen LogP contribution in [0.15, 0.2) is 12.1 Å². The zero-order valence-corrected chi connectivity index (χ0v) is 13.7. The Morgan fingerprint density at radius 2 is 1.62 bits per heavy atom. The van der Waals surface area contributed by atoms with Crippen molar-refractivity contribution in [3.63, 3.8) is 0 Å². The Morgan fingerprint density at radius 3 is 2.05 bits per heavy atom. The van der Waals surface area contributed by atoms with Crippen LogP contribution < -0.4 is 0 Å². The lowest BCUT2D eigenvalue weighted by Gasteiger charge is -2.20. The van der Waals surface area contributed by atoms with Gasteiger partial charge < -0.3 is 9.47 Å². The fraction of sp³-hybridized carbons (Fsp3) is 0.529. The Balaban J connectivity index is 2.81. The van der Waals surface area contributed by atoms with E-state index in [-0.39, 0.29) is 11.9 Å². The number of benzene rings is 1. The highest BCUT2D eigenvalue weighted by Crippen LogP contribution is 2.20. The van der Waals surface area contributed by atoms with Gasteiger partial charge in [-0.1, -0.05) is 0 Å². The van der Waals surface area contributed by atoms with Crippen LogP contribution in [-0.4, -0.2) is 24.6 Å². The summed E-state index contributed by atoms with van der Waals surface area (Å²) >= 11 is 0. The summed E-state index contributed by atoms with van der Waals surface area (Å²) in [6, 6.07) is 3.59. The molecule has 0 aliphatic heterocycles. The molecular formula is C17H24O4. The lowest BCUT2D eigenvalue weighted by molar-refractivity contribution is -0.154. The van der Waals surface area contributed by atoms with E-state index in [4.69, 9.17) is 9.47 Å². The average Bonchev–Trinajstić information content (AvgIpc) is 2.34. The Labute approximate surface area is 126 Å². The molecule has 0 aliphatic rings. The highest BCUT2D eigenvalue weighted by molar-refractivity contribution is 5.90. The van der Waals surface area contributed by atoms with E-state index in [1.165, 1.54) is 7.11 Å². The summed E-state index contributed by atoms with van der Waals surface area (Å²) in [5.74, 6) is -0.557. The molecule has 1 aromatic carbocycles. The monoisotopic (exact) mass is 292 g/mol. The van der Waals surface area contributed by atoms with Crippen LogP contribution in [0, 0.1) is 13.8 Å². The van der Waals surface area contributed by atoms with E-state index in [1.54, 1.807) is 12.1 Å². The maximum Gasteiger partial charge on any atom is 0.337 e. The number of esters is 2. The molecule has 1 aromatic rings. The summed E-state index contributed by atoms with van der Waals surface area (Å²) < 4.78 is 10.0. The van der Waals surface area contributed by atoms with Gasteiger partial charge >= 0.3 is 11.9 Å². The quantitative estimate of drug-likeness (QED) is 0.798. The number of ether oxygens (including phenoxy) is 2. The molecule has 0 aromatic heterocycles. The number of rotatable bonds is 4. The molecule has 0 unspecified atom stereocenters. The van der Waals surface area contributed by atoms with Gasteiger partial charge in [0.1, 0.15) is 5.60 Å². The Morgan fingerprint density at radius 1 is 1.10 bits per heavy atom. The van der Waals surface area contributed by atoms with E-state index in [9.17, 15) is 9.59 Å². The normalized spacial score (nSPS) is 11.1. The van der Waals surface area contributed by atoms with Crippen LogP contribution in [0.1, 0.15) is 54.2 Å². The number of hydrogen-bond acceptors (Lipinski definition) is 4. The van der Waals surface area contributed by atoms with E-state index in [0.29, 0.717) is 18.4 Å². The standard InChI is InChI=1S/C17H24O4/c1-11-9-13(16(19)20-6)10-12(2)14(11)7-8-15(18)21-17(3,4)5/h9-10H,7-8H2,1-6H3. The van der Waals surface area contributed by atoms with Crippen LogP contribution in [0.4, 0.5) is 0 Å². The van der Waals surface area contributed by atoms with Gasteiger partial charge in [-0.2, -0.15) is 0 Å². The summed E-state index contributed by atoms with van der Waals surface area (Å²) in [7, 11) is 1.36. The second kappa shape index (κ2) is 6.74. The molecular weight excluding hydrogens is 268 g/mol. The Kier molecular flexibility index (Phi) is 5.53. The number of aryl methyl sites for hydroxylation is 2. The molecule has 21 heavy (non-hydrogen) atoms. The van der Waals surface area contributed by atoms with Crippen molar-refractivity contribution in [1.29, 1.82) is 0 Å². The van der Waals surface area contributed by atoms with Gasteiger partial charge in [-0.15, -0.1) is 0 Å². The van der Waals surface area contributed by atoms with Crippen LogP contribution in [0.2, 0.25) is 0 Å². The van der Waals surface area contributed by atoms with Gasteiger partial charge in [0.2, 0.25) is 0 Å². The van der Waals surface area contributed by atoms with E-state index in [0.717, 1.165) is 16.7 Å². The summed E-state index contributed by atoms with van der Waals surface area (Å²) in [6.07, 6.45) is 0.935. The molecule has 116 valence electrons. The molecule has 0 atom stereocenters. The molecule has 0 saturated heterocycles. The highest BCUT2D eigenvalue weighted by atomic mass is 16.6. The van der Waals surface area contributed by atoms with Crippen molar-refractivity contribution in [3.05, 3.63) is 34.4 Å². The van der Waals surface area contributed by atoms with Crippen molar-refractivity contribution < 1.29 is 19.1 Å². The van der Waals surface area contributed by atoms with Crippen LogP contribution in [0.25, 0.3) is 0 Å². The zero-order valence-electron chi connectivity index (χ0n) is 13.7. The molecule has 0 saturated carbocycles. The van der Waals surface area contributed by atoms with Crippen molar-refractivity contribution in [2.75, 3.05) is 7.11 Å². The van der Waals surface area contributed by atoms with Gasteiger partial charge in [0.15, 0.2) is 0 Å². The molecule has 0 radical (unpaired) electrons. The average molecular weight is 292 g/mol. The van der Waals surface area contributed by atoms with Crippen LogP contribution in [0.5, 0.6) is 0 Å². The van der Waals surface area contributed by atoms with Crippen molar-refractivity contribution in [2.45, 2.75) is 53.1 Å². The van der Waals surface area contributed by atoms with Gasteiger partial charge in [0.05, 0.1) is 12.7 Å². The summed E-state index contributed by atoms with van der Waals surface area (Å²) in [5.41, 5.74) is 3.12. The van der Waals surface area contributed by atoms with Gasteiger partial charge in [-0.05, 0) is 69.9 Å². The first-order chi connectivity index (χ1) is 9.64. The fourth-order valence-electron chi connectivity index (χ4n) is 2.24. The van der Waals surface area contributed by atoms with Gasteiger partial charge in [0.25, 0.3) is 0 Å². The second-order valence-electron chi connectivity index (χ2n) is 6.17. The second-order valence-corrected chi connectivity index (χ2v) is 6.17. The lowest BCUT2D eigenvalue weighted by Crippen LogP contribution is -2.24. The van der Waals surface area contributed by atoms with Crippen LogP contribution >= 0.6 is 0 Å². The van der Waals surface area contributed by atoms with Gasteiger partial charge in [0, 0.05) is 6.42 Å². The third-order valence-electron chi connectivity index (χ3n) is 3.12. The first-order valence-corrected chi connectivity index (χ1v) is 7.04. The minimum atomic E-state index is -0.462. The van der Waals surface area contributed by atoms with Gasteiger partial charge in [-0.25, -0.2) is 4.79 Å².